The molecule has 0 aliphatic heterocycles. The smallest absolute Gasteiger partial charge is 0.326 e. The quantitative estimate of drug-likeness (QED) is 0.169. The van der Waals surface area contributed by atoms with E-state index in [4.69, 9.17) is 11.5 Å². The maximum atomic E-state index is 13.4. The Morgan fingerprint density at radius 3 is 2.15 bits per heavy atom. The van der Waals surface area contributed by atoms with Crippen LogP contribution in [0.15, 0.2) is 30.5 Å². The van der Waals surface area contributed by atoms with E-state index in [-0.39, 0.29) is 31.1 Å². The number of amides is 4. The molecule has 1 aromatic heterocycles. The fourth-order valence-corrected chi connectivity index (χ4v) is 4.07. The Hall–Kier alpha value is -3.93. The van der Waals surface area contributed by atoms with E-state index in [1.165, 1.54) is 0 Å². The van der Waals surface area contributed by atoms with Gasteiger partial charge in [0, 0.05) is 29.9 Å². The summed E-state index contributed by atoms with van der Waals surface area (Å²) in [6.07, 6.45) is 1.96. The number of carbonyl (C=O) groups excluding carboxylic acids is 4. The average Bonchev–Trinajstić information content (AvgIpc) is 3.30. The highest BCUT2D eigenvalue weighted by molar-refractivity contribution is 5.95. The minimum Gasteiger partial charge on any atom is -0.480 e. The highest BCUT2D eigenvalue weighted by atomic mass is 16.4. The first-order valence-electron chi connectivity index (χ1n) is 13.1. The number of carbonyl (C=O) groups is 5. The lowest BCUT2D eigenvalue weighted by Crippen LogP contribution is -2.58. The van der Waals surface area contributed by atoms with E-state index in [0.717, 1.165) is 16.5 Å². The van der Waals surface area contributed by atoms with Crippen molar-refractivity contribution in [1.29, 1.82) is 0 Å². The molecule has 0 aliphatic rings. The van der Waals surface area contributed by atoms with Gasteiger partial charge in [-0.3, -0.25) is 19.2 Å². The number of rotatable bonds is 15. The zero-order valence-electron chi connectivity index (χ0n) is 22.8. The van der Waals surface area contributed by atoms with Gasteiger partial charge >= 0.3 is 5.97 Å². The summed E-state index contributed by atoms with van der Waals surface area (Å²) in [6.45, 7) is 7.02. The topological polar surface area (TPSA) is 210 Å². The molecular weight excluding hydrogens is 504 g/mol. The number of primary amides is 1. The van der Waals surface area contributed by atoms with Gasteiger partial charge in [0.1, 0.15) is 18.1 Å². The van der Waals surface area contributed by atoms with E-state index in [1.54, 1.807) is 27.0 Å². The van der Waals surface area contributed by atoms with Gasteiger partial charge in [-0.05, 0) is 29.9 Å². The summed E-state index contributed by atoms with van der Waals surface area (Å²) in [6, 6.07) is 2.97. The molecule has 1 aromatic carbocycles. The monoisotopic (exact) mass is 544 g/mol. The van der Waals surface area contributed by atoms with Crippen molar-refractivity contribution in [3.63, 3.8) is 0 Å². The number of H-pyrrole nitrogens is 1. The van der Waals surface area contributed by atoms with Crippen LogP contribution in [0.3, 0.4) is 0 Å². The van der Waals surface area contributed by atoms with Gasteiger partial charge in [0.05, 0.1) is 6.04 Å². The van der Waals surface area contributed by atoms with Crippen molar-refractivity contribution in [1.82, 2.24) is 20.9 Å². The number of aliphatic carboxylic acids is 1. The number of para-hydroxylation sites is 1. The van der Waals surface area contributed by atoms with Crippen LogP contribution < -0.4 is 27.4 Å². The van der Waals surface area contributed by atoms with Crippen molar-refractivity contribution >= 4 is 40.5 Å². The number of benzene rings is 1. The van der Waals surface area contributed by atoms with E-state index in [1.807, 2.05) is 31.2 Å². The maximum Gasteiger partial charge on any atom is 0.326 e. The van der Waals surface area contributed by atoms with E-state index >= 15 is 0 Å². The van der Waals surface area contributed by atoms with Crippen LogP contribution in [0.1, 0.15) is 52.5 Å². The third kappa shape index (κ3) is 8.81. The molecule has 0 bridgehead atoms. The SMILES string of the molecule is CCC(C)C(NC(=O)C(Cc1c[nH]c2ccccc12)NC(=O)C(CCC(N)=O)NC(=O)C(N)C(C)C)C(=O)O. The van der Waals surface area contributed by atoms with E-state index in [2.05, 4.69) is 20.9 Å². The average molecular weight is 545 g/mol. The molecule has 0 fully saturated rings. The van der Waals surface area contributed by atoms with Crippen LogP contribution in [0.5, 0.6) is 0 Å². The molecule has 2 aromatic rings. The molecule has 5 unspecified atom stereocenters. The Kier molecular flexibility index (Phi) is 11.5. The second kappa shape index (κ2) is 14.3. The fraction of sp³-hybridized carbons (Fsp3) is 0.519. The zero-order valence-corrected chi connectivity index (χ0v) is 22.8. The maximum absolute atomic E-state index is 13.4. The highest BCUT2D eigenvalue weighted by Gasteiger charge is 2.32. The number of nitrogens with one attached hydrogen (secondary N) is 4. The predicted molar refractivity (Wildman–Crippen MR) is 146 cm³/mol. The number of hydrogen-bond acceptors (Lipinski definition) is 6. The second-order valence-electron chi connectivity index (χ2n) is 10.2. The number of nitrogens with two attached hydrogens (primary N) is 2. The molecular formula is C27H40N6O6. The Morgan fingerprint density at radius 2 is 1.56 bits per heavy atom. The molecule has 4 amide bonds. The van der Waals surface area contributed by atoms with Crippen LogP contribution in [0.4, 0.5) is 0 Å². The lowest BCUT2D eigenvalue weighted by atomic mass is 9.97. The number of fused-ring (bicyclic) bond motifs is 1. The van der Waals surface area contributed by atoms with Gasteiger partial charge in [0.2, 0.25) is 23.6 Å². The number of aromatic amines is 1. The standard InChI is InChI=1S/C27H40N6O6/c1-5-15(4)23(27(38)39)33-25(36)20(12-16-13-30-18-9-7-6-8-17(16)18)32-24(35)19(10-11-21(28)34)31-26(37)22(29)14(2)3/h6-9,13-15,19-20,22-23,30H,5,10-12,29H2,1-4H3,(H2,28,34)(H,31,37)(H,32,35)(H,33,36)(H,38,39). The highest BCUT2D eigenvalue weighted by Crippen LogP contribution is 2.20. The Morgan fingerprint density at radius 1 is 0.949 bits per heavy atom. The molecule has 0 aliphatic carbocycles. The minimum atomic E-state index is -1.20. The largest absolute Gasteiger partial charge is 0.480 e. The lowest BCUT2D eigenvalue weighted by Gasteiger charge is -2.27. The van der Waals surface area contributed by atoms with Crippen LogP contribution in [0.25, 0.3) is 10.9 Å². The van der Waals surface area contributed by atoms with E-state index in [0.29, 0.717) is 6.42 Å². The van der Waals surface area contributed by atoms with Crippen molar-refractivity contribution in [3.05, 3.63) is 36.0 Å². The first kappa shape index (κ1) is 31.3. The number of aromatic nitrogens is 1. The van der Waals surface area contributed by atoms with Crippen molar-refractivity contribution in [2.24, 2.45) is 23.3 Å². The predicted octanol–water partition coefficient (Wildman–Crippen LogP) is 0.544. The lowest BCUT2D eigenvalue weighted by molar-refractivity contribution is -0.143. The van der Waals surface area contributed by atoms with Crippen LogP contribution >= 0.6 is 0 Å². The molecule has 1 heterocycles. The van der Waals surface area contributed by atoms with Crippen molar-refractivity contribution in [2.75, 3.05) is 0 Å². The molecule has 0 saturated heterocycles. The van der Waals surface area contributed by atoms with Gasteiger partial charge in [-0.2, -0.15) is 0 Å². The molecule has 5 atom stereocenters. The van der Waals surface area contributed by atoms with E-state index in [9.17, 15) is 29.1 Å². The third-order valence-corrected chi connectivity index (χ3v) is 6.84. The van der Waals surface area contributed by atoms with Crippen LogP contribution in [0.2, 0.25) is 0 Å². The van der Waals surface area contributed by atoms with Crippen molar-refractivity contribution in [3.8, 4) is 0 Å². The van der Waals surface area contributed by atoms with Crippen molar-refractivity contribution in [2.45, 2.75) is 77.5 Å². The van der Waals surface area contributed by atoms with Crippen LogP contribution in [-0.2, 0) is 30.4 Å². The molecule has 39 heavy (non-hydrogen) atoms. The first-order chi connectivity index (χ1) is 18.3. The number of carboxylic acid groups (broad SMARTS) is 1. The minimum absolute atomic E-state index is 0.0381. The molecule has 0 radical (unpaired) electrons. The summed E-state index contributed by atoms with van der Waals surface area (Å²) in [7, 11) is 0. The Bertz CT molecular complexity index is 1180. The summed E-state index contributed by atoms with van der Waals surface area (Å²) >= 11 is 0. The fourth-order valence-electron chi connectivity index (χ4n) is 4.07. The summed E-state index contributed by atoms with van der Waals surface area (Å²) in [4.78, 5) is 65.8. The summed E-state index contributed by atoms with van der Waals surface area (Å²) in [5.74, 6) is -4.44. The third-order valence-electron chi connectivity index (χ3n) is 6.84. The first-order valence-corrected chi connectivity index (χ1v) is 13.1. The van der Waals surface area contributed by atoms with Gasteiger partial charge in [0.15, 0.2) is 0 Å². The number of hydrogen-bond donors (Lipinski definition) is 7. The van der Waals surface area contributed by atoms with Gasteiger partial charge < -0.3 is 37.5 Å². The summed E-state index contributed by atoms with van der Waals surface area (Å²) < 4.78 is 0. The molecule has 9 N–H and O–H groups in total. The zero-order chi connectivity index (χ0) is 29.3. The van der Waals surface area contributed by atoms with Crippen LogP contribution in [0, 0.1) is 11.8 Å². The summed E-state index contributed by atoms with van der Waals surface area (Å²) in [5.41, 5.74) is 12.7. The van der Waals surface area contributed by atoms with Gasteiger partial charge in [-0.25, -0.2) is 4.79 Å². The Labute approximate surface area is 227 Å². The van der Waals surface area contributed by atoms with Crippen LogP contribution in [-0.4, -0.2) is 63.9 Å². The molecule has 214 valence electrons. The number of carboxylic acids is 1. The van der Waals surface area contributed by atoms with Gasteiger partial charge in [-0.1, -0.05) is 52.3 Å². The van der Waals surface area contributed by atoms with Gasteiger partial charge in [0.25, 0.3) is 0 Å². The molecule has 0 spiro atoms. The molecule has 0 saturated carbocycles. The van der Waals surface area contributed by atoms with E-state index < -0.39 is 53.8 Å². The van der Waals surface area contributed by atoms with Crippen molar-refractivity contribution < 1.29 is 29.1 Å². The Balaban J connectivity index is 2.36. The van der Waals surface area contributed by atoms with Gasteiger partial charge in [-0.15, -0.1) is 0 Å². The molecule has 12 nitrogen and oxygen atoms in total. The molecule has 2 rings (SSSR count). The molecule has 12 heteroatoms. The normalized spacial score (nSPS) is 15.1. The summed E-state index contributed by atoms with van der Waals surface area (Å²) in [5, 5.41) is 18.3. The second-order valence-corrected chi connectivity index (χ2v) is 10.2.